The third kappa shape index (κ3) is 3.76. The van der Waals surface area contributed by atoms with Crippen LogP contribution in [-0.4, -0.2) is 22.0 Å². The van der Waals surface area contributed by atoms with Crippen LogP contribution >= 0.6 is 11.3 Å². The van der Waals surface area contributed by atoms with Crippen LogP contribution < -0.4 is 5.32 Å². The summed E-state index contributed by atoms with van der Waals surface area (Å²) in [6.45, 7) is 3.70. The average molecular weight is 302 g/mol. The number of nitrogens with one attached hydrogen (secondary N) is 1. The molecule has 6 heteroatoms. The Labute approximate surface area is 126 Å². The topological polar surface area (TPSA) is 79.3 Å². The molecule has 1 amide bonds. The molecule has 0 spiro atoms. The van der Waals surface area contributed by atoms with Gasteiger partial charge < -0.3 is 10.4 Å². The lowest BCUT2D eigenvalue weighted by atomic mass is 10.2. The molecule has 0 atom stereocenters. The normalized spacial score (nSPS) is 10.8. The van der Waals surface area contributed by atoms with Gasteiger partial charge in [0, 0.05) is 11.8 Å². The van der Waals surface area contributed by atoms with E-state index in [-0.39, 0.29) is 5.91 Å². The molecule has 0 aliphatic heterocycles. The molecule has 2 aromatic rings. The number of thiophene rings is 1. The number of carboxylic acids is 1. The Morgan fingerprint density at radius 1 is 1.29 bits per heavy atom. The fourth-order valence-corrected chi connectivity index (χ4v) is 2.57. The second-order valence-corrected chi connectivity index (χ2v) is 5.33. The van der Waals surface area contributed by atoms with Crippen LogP contribution in [0.1, 0.15) is 26.6 Å². The third-order valence-electron chi connectivity index (χ3n) is 2.78. The molecule has 0 radical (unpaired) electrons. The van der Waals surface area contributed by atoms with Crippen molar-refractivity contribution in [3.8, 4) is 0 Å². The highest BCUT2D eigenvalue weighted by Crippen LogP contribution is 2.21. The Morgan fingerprint density at radius 2 is 2.05 bits per heavy atom. The number of aryl methyl sites for hydroxylation is 2. The summed E-state index contributed by atoms with van der Waals surface area (Å²) in [4.78, 5) is 27.6. The van der Waals surface area contributed by atoms with Crippen LogP contribution in [0.5, 0.6) is 0 Å². The summed E-state index contributed by atoms with van der Waals surface area (Å²) in [5.74, 6) is -1.32. The first-order valence-electron chi connectivity index (χ1n) is 6.21. The number of pyridine rings is 1. The van der Waals surface area contributed by atoms with Gasteiger partial charge in [-0.15, -0.1) is 11.3 Å². The van der Waals surface area contributed by atoms with Gasteiger partial charge in [0.05, 0.1) is 16.3 Å². The zero-order valence-electron chi connectivity index (χ0n) is 11.6. The Balaban J connectivity index is 2.21. The second-order valence-electron chi connectivity index (χ2n) is 4.42. The van der Waals surface area contributed by atoms with Crippen molar-refractivity contribution < 1.29 is 14.7 Å². The molecule has 2 heterocycles. The second kappa shape index (κ2) is 6.32. The van der Waals surface area contributed by atoms with Crippen LogP contribution in [0.15, 0.2) is 29.7 Å². The van der Waals surface area contributed by atoms with Crippen molar-refractivity contribution in [2.45, 2.75) is 13.8 Å². The number of aromatic nitrogens is 1. The van der Waals surface area contributed by atoms with Crippen LogP contribution in [-0.2, 0) is 4.79 Å². The summed E-state index contributed by atoms with van der Waals surface area (Å²) < 4.78 is 0. The molecule has 0 aliphatic carbocycles. The molecule has 0 saturated heterocycles. The molecule has 108 valence electrons. The molecule has 0 bridgehead atoms. The van der Waals surface area contributed by atoms with Crippen LogP contribution in [0.2, 0.25) is 0 Å². The molecule has 0 unspecified atom stereocenters. The van der Waals surface area contributed by atoms with E-state index < -0.39 is 5.97 Å². The predicted octanol–water partition coefficient (Wildman–Crippen LogP) is 3.11. The number of anilines is 1. The summed E-state index contributed by atoms with van der Waals surface area (Å²) in [5, 5.41) is 13.2. The van der Waals surface area contributed by atoms with Crippen molar-refractivity contribution in [2.24, 2.45) is 0 Å². The van der Waals surface area contributed by atoms with E-state index in [4.69, 9.17) is 5.11 Å². The highest BCUT2D eigenvalue weighted by atomic mass is 32.1. The summed E-state index contributed by atoms with van der Waals surface area (Å²) >= 11 is 1.26. The van der Waals surface area contributed by atoms with Crippen molar-refractivity contribution in [3.63, 3.8) is 0 Å². The quantitative estimate of drug-likeness (QED) is 0.850. The first-order valence-corrected chi connectivity index (χ1v) is 7.09. The average Bonchev–Trinajstić information content (AvgIpc) is 2.88. The van der Waals surface area contributed by atoms with E-state index in [1.54, 1.807) is 17.5 Å². The van der Waals surface area contributed by atoms with E-state index in [9.17, 15) is 9.59 Å². The standard InChI is InChI=1S/C15H14N2O3S/c1-9-3-5-12(10(2)16-9)17-15(20)14-11(7-8-21-14)4-6-13(18)19/h3-8H,1-2H3,(H,17,20)(H,18,19)/b6-4+. The molecule has 0 aliphatic rings. The van der Waals surface area contributed by atoms with E-state index in [2.05, 4.69) is 10.3 Å². The van der Waals surface area contributed by atoms with Crippen LogP contribution in [0.25, 0.3) is 6.08 Å². The Kier molecular flexibility index (Phi) is 4.49. The van der Waals surface area contributed by atoms with Gasteiger partial charge in [-0.1, -0.05) is 0 Å². The van der Waals surface area contributed by atoms with Gasteiger partial charge in [-0.2, -0.15) is 0 Å². The van der Waals surface area contributed by atoms with Gasteiger partial charge >= 0.3 is 5.97 Å². The first kappa shape index (κ1) is 14.9. The van der Waals surface area contributed by atoms with Crippen molar-refractivity contribution in [1.82, 2.24) is 4.98 Å². The van der Waals surface area contributed by atoms with E-state index in [0.717, 1.165) is 17.5 Å². The van der Waals surface area contributed by atoms with Gasteiger partial charge in [-0.3, -0.25) is 9.78 Å². The maximum absolute atomic E-state index is 12.3. The van der Waals surface area contributed by atoms with Gasteiger partial charge in [0.15, 0.2) is 0 Å². The number of amides is 1. The number of aliphatic carboxylic acids is 1. The molecule has 0 saturated carbocycles. The highest BCUT2D eigenvalue weighted by molar-refractivity contribution is 7.12. The van der Waals surface area contributed by atoms with Gasteiger partial charge in [-0.05, 0) is 49.1 Å². The number of hydrogen-bond acceptors (Lipinski definition) is 4. The number of nitrogens with zero attached hydrogens (tertiary/aromatic N) is 1. The molecule has 5 nitrogen and oxygen atoms in total. The third-order valence-corrected chi connectivity index (χ3v) is 3.71. The van der Waals surface area contributed by atoms with E-state index in [1.807, 2.05) is 19.9 Å². The van der Waals surface area contributed by atoms with E-state index >= 15 is 0 Å². The van der Waals surface area contributed by atoms with E-state index in [1.165, 1.54) is 17.4 Å². The molecule has 0 fully saturated rings. The first-order chi connectivity index (χ1) is 9.97. The molecule has 2 N–H and O–H groups in total. The summed E-state index contributed by atoms with van der Waals surface area (Å²) in [5.41, 5.74) is 2.85. The van der Waals surface area contributed by atoms with Gasteiger partial charge in [0.25, 0.3) is 5.91 Å². The fourth-order valence-electron chi connectivity index (χ4n) is 1.79. The molecule has 2 rings (SSSR count). The van der Waals surface area contributed by atoms with Crippen LogP contribution in [0.3, 0.4) is 0 Å². The molecular weight excluding hydrogens is 288 g/mol. The molecular formula is C15H14N2O3S. The van der Waals surface area contributed by atoms with Crippen molar-refractivity contribution >= 4 is 35.0 Å². The van der Waals surface area contributed by atoms with E-state index in [0.29, 0.717) is 16.1 Å². The number of carbonyl (C=O) groups is 2. The monoisotopic (exact) mass is 302 g/mol. The van der Waals surface area contributed by atoms with Crippen LogP contribution in [0.4, 0.5) is 5.69 Å². The lowest BCUT2D eigenvalue weighted by molar-refractivity contribution is -0.131. The van der Waals surface area contributed by atoms with Gasteiger partial charge in [0.2, 0.25) is 0 Å². The SMILES string of the molecule is Cc1ccc(NC(=O)c2sccc2/C=C/C(=O)O)c(C)n1. The molecule has 21 heavy (non-hydrogen) atoms. The lowest BCUT2D eigenvalue weighted by Gasteiger charge is -2.08. The minimum Gasteiger partial charge on any atom is -0.478 e. The highest BCUT2D eigenvalue weighted by Gasteiger charge is 2.13. The minimum atomic E-state index is -1.05. The zero-order valence-corrected chi connectivity index (χ0v) is 12.4. The maximum atomic E-state index is 12.3. The summed E-state index contributed by atoms with van der Waals surface area (Å²) in [7, 11) is 0. The Morgan fingerprint density at radius 3 is 2.71 bits per heavy atom. The number of carbonyl (C=O) groups excluding carboxylic acids is 1. The smallest absolute Gasteiger partial charge is 0.328 e. The van der Waals surface area contributed by atoms with Crippen LogP contribution in [0, 0.1) is 13.8 Å². The fraction of sp³-hybridized carbons (Fsp3) is 0.133. The molecule has 0 aromatic carbocycles. The lowest BCUT2D eigenvalue weighted by Crippen LogP contribution is -2.13. The van der Waals surface area contributed by atoms with Crippen molar-refractivity contribution in [1.29, 1.82) is 0 Å². The summed E-state index contributed by atoms with van der Waals surface area (Å²) in [6, 6.07) is 5.33. The number of rotatable bonds is 4. The van der Waals surface area contributed by atoms with Crippen molar-refractivity contribution in [3.05, 3.63) is 51.5 Å². The van der Waals surface area contributed by atoms with Gasteiger partial charge in [-0.25, -0.2) is 4.79 Å². The summed E-state index contributed by atoms with van der Waals surface area (Å²) in [6.07, 6.45) is 2.42. The zero-order chi connectivity index (χ0) is 15.4. The minimum absolute atomic E-state index is 0.274. The number of carboxylic acid groups (broad SMARTS) is 1. The Bertz CT molecular complexity index is 719. The van der Waals surface area contributed by atoms with Gasteiger partial charge in [0.1, 0.15) is 0 Å². The van der Waals surface area contributed by atoms with Crippen molar-refractivity contribution in [2.75, 3.05) is 5.32 Å². The molecule has 2 aromatic heterocycles. The largest absolute Gasteiger partial charge is 0.478 e. The Hall–Kier alpha value is -2.47. The number of hydrogen-bond donors (Lipinski definition) is 2. The maximum Gasteiger partial charge on any atom is 0.328 e. The predicted molar refractivity (Wildman–Crippen MR) is 82.7 cm³/mol.